The van der Waals surface area contributed by atoms with Crippen molar-refractivity contribution in [3.8, 4) is 12.3 Å². The van der Waals surface area contributed by atoms with E-state index in [1.807, 2.05) is 0 Å². The Balaban J connectivity index is 3.38. The number of hydrogen-bond acceptors (Lipinski definition) is 2. The summed E-state index contributed by atoms with van der Waals surface area (Å²) in [5, 5.41) is 8.99. The summed E-state index contributed by atoms with van der Waals surface area (Å²) < 4.78 is 38.8. The van der Waals surface area contributed by atoms with Gasteiger partial charge < -0.3 is 9.84 Å². The number of terminal acetylenes is 1. The van der Waals surface area contributed by atoms with Crippen LogP contribution in [-0.2, 0) is 4.74 Å². The van der Waals surface area contributed by atoms with Gasteiger partial charge in [-0.2, -0.15) is 13.2 Å². The lowest BCUT2D eigenvalue weighted by atomic mass is 10.2. The van der Waals surface area contributed by atoms with Gasteiger partial charge in [0.05, 0.1) is 12.7 Å². The third kappa shape index (κ3) is 9.18. The molecule has 0 bridgehead atoms. The average molecular weight is 196 g/mol. The minimum atomic E-state index is -4.34. The average Bonchev–Trinajstić information content (AvgIpc) is 1.98. The number of hydrogen-bond donors (Lipinski definition) is 1. The van der Waals surface area contributed by atoms with Crippen molar-refractivity contribution in [3.05, 3.63) is 0 Å². The molecule has 0 aliphatic rings. The molecule has 0 aromatic carbocycles. The Morgan fingerprint density at radius 3 is 2.54 bits per heavy atom. The molecule has 0 aromatic heterocycles. The zero-order chi connectivity index (χ0) is 10.3. The van der Waals surface area contributed by atoms with Crippen molar-refractivity contribution in [1.29, 1.82) is 0 Å². The summed E-state index contributed by atoms with van der Waals surface area (Å²) in [6.45, 7) is -1.67. The van der Waals surface area contributed by atoms with Gasteiger partial charge in [0.25, 0.3) is 0 Å². The third-order valence-electron chi connectivity index (χ3n) is 1.20. The van der Waals surface area contributed by atoms with Gasteiger partial charge in [0, 0.05) is 6.42 Å². The van der Waals surface area contributed by atoms with E-state index in [0.717, 1.165) is 0 Å². The maximum atomic E-state index is 11.5. The fraction of sp³-hybridized carbons (Fsp3) is 0.750. The lowest BCUT2D eigenvalue weighted by Gasteiger charge is -2.11. The Hall–Kier alpha value is -0.730. The number of aliphatic hydroxyl groups excluding tert-OH is 1. The van der Waals surface area contributed by atoms with Crippen LogP contribution >= 0.6 is 0 Å². The van der Waals surface area contributed by atoms with E-state index in [1.165, 1.54) is 0 Å². The molecule has 0 rings (SSSR count). The summed E-state index contributed by atoms with van der Waals surface area (Å²) in [7, 11) is 0. The van der Waals surface area contributed by atoms with Crippen molar-refractivity contribution in [1.82, 2.24) is 0 Å². The first kappa shape index (κ1) is 12.3. The molecule has 0 heterocycles. The van der Waals surface area contributed by atoms with Gasteiger partial charge >= 0.3 is 6.18 Å². The van der Waals surface area contributed by atoms with Crippen LogP contribution in [0.5, 0.6) is 0 Å². The van der Waals surface area contributed by atoms with Crippen molar-refractivity contribution >= 4 is 0 Å². The first-order chi connectivity index (χ1) is 5.95. The highest BCUT2D eigenvalue weighted by molar-refractivity contribution is 4.84. The molecule has 0 saturated carbocycles. The maximum Gasteiger partial charge on any atom is 0.411 e. The molecule has 0 spiro atoms. The van der Waals surface area contributed by atoms with Crippen LogP contribution in [0.3, 0.4) is 0 Å². The summed E-state index contributed by atoms with van der Waals surface area (Å²) in [5.41, 5.74) is 0. The third-order valence-corrected chi connectivity index (χ3v) is 1.20. The van der Waals surface area contributed by atoms with Crippen LogP contribution < -0.4 is 0 Å². The molecule has 1 unspecified atom stereocenters. The van der Waals surface area contributed by atoms with Gasteiger partial charge in [-0.05, 0) is 6.42 Å². The summed E-state index contributed by atoms with van der Waals surface area (Å²) in [4.78, 5) is 0. The summed E-state index contributed by atoms with van der Waals surface area (Å²) in [6.07, 6.45) is 0.221. The van der Waals surface area contributed by atoms with Gasteiger partial charge in [-0.15, -0.1) is 12.3 Å². The van der Waals surface area contributed by atoms with Crippen LogP contribution in [0, 0.1) is 12.3 Å². The molecule has 2 nitrogen and oxygen atoms in total. The summed E-state index contributed by atoms with van der Waals surface area (Å²) >= 11 is 0. The fourth-order valence-corrected chi connectivity index (χ4v) is 0.644. The van der Waals surface area contributed by atoms with E-state index in [9.17, 15) is 13.2 Å². The zero-order valence-corrected chi connectivity index (χ0v) is 6.97. The Morgan fingerprint density at radius 1 is 1.46 bits per heavy atom. The predicted molar refractivity (Wildman–Crippen MR) is 40.9 cm³/mol. The second kappa shape index (κ2) is 5.84. The summed E-state index contributed by atoms with van der Waals surface area (Å²) in [5.74, 6) is 2.27. The zero-order valence-electron chi connectivity index (χ0n) is 6.97. The number of alkyl halides is 3. The maximum absolute atomic E-state index is 11.5. The minimum Gasteiger partial charge on any atom is -0.391 e. The molecule has 0 aliphatic carbocycles. The molecule has 1 atom stereocenters. The van der Waals surface area contributed by atoms with Crippen LogP contribution in [0.25, 0.3) is 0 Å². The standard InChI is InChI=1S/C8H11F3O2/c1-2-3-4-7(12)5-13-6-8(9,10)11/h1,7,12H,3-6H2. The van der Waals surface area contributed by atoms with E-state index in [1.54, 1.807) is 0 Å². The van der Waals surface area contributed by atoms with Crippen molar-refractivity contribution in [3.63, 3.8) is 0 Å². The second-order valence-corrected chi connectivity index (χ2v) is 2.53. The van der Waals surface area contributed by atoms with Gasteiger partial charge in [-0.25, -0.2) is 0 Å². The van der Waals surface area contributed by atoms with Gasteiger partial charge in [0.1, 0.15) is 6.61 Å². The molecular weight excluding hydrogens is 185 g/mol. The molecule has 0 fully saturated rings. The molecule has 13 heavy (non-hydrogen) atoms. The number of rotatable bonds is 5. The molecule has 0 saturated heterocycles. The monoisotopic (exact) mass is 196 g/mol. The topological polar surface area (TPSA) is 29.5 Å². The highest BCUT2D eigenvalue weighted by Gasteiger charge is 2.27. The SMILES string of the molecule is C#CCCC(O)COCC(F)(F)F. The van der Waals surface area contributed by atoms with Gasteiger partial charge in [-0.3, -0.25) is 0 Å². The van der Waals surface area contributed by atoms with Gasteiger partial charge in [0.2, 0.25) is 0 Å². The van der Waals surface area contributed by atoms with Crippen molar-refractivity contribution in [2.75, 3.05) is 13.2 Å². The van der Waals surface area contributed by atoms with Gasteiger partial charge in [0.15, 0.2) is 0 Å². The first-order valence-corrected chi connectivity index (χ1v) is 3.71. The number of aliphatic hydroxyl groups is 1. The minimum absolute atomic E-state index is 0.258. The molecule has 0 aliphatic heterocycles. The lowest BCUT2D eigenvalue weighted by molar-refractivity contribution is -0.179. The Kier molecular flexibility index (Phi) is 5.51. The fourth-order valence-electron chi connectivity index (χ4n) is 0.644. The Bertz CT molecular complexity index is 171. The van der Waals surface area contributed by atoms with Crippen LogP contribution in [0.2, 0.25) is 0 Å². The lowest BCUT2D eigenvalue weighted by Crippen LogP contribution is -2.22. The van der Waals surface area contributed by atoms with E-state index >= 15 is 0 Å². The van der Waals surface area contributed by atoms with Crippen LogP contribution in [0.15, 0.2) is 0 Å². The molecule has 0 aromatic rings. The molecule has 5 heteroatoms. The molecular formula is C8H11F3O2. The number of ether oxygens (including phenoxy) is 1. The van der Waals surface area contributed by atoms with Crippen LogP contribution in [-0.4, -0.2) is 30.6 Å². The molecule has 76 valence electrons. The predicted octanol–water partition coefficient (Wildman–Crippen LogP) is 1.34. The van der Waals surface area contributed by atoms with Crippen molar-refractivity contribution in [2.45, 2.75) is 25.1 Å². The normalized spacial score (nSPS) is 13.8. The van der Waals surface area contributed by atoms with E-state index in [4.69, 9.17) is 11.5 Å². The van der Waals surface area contributed by atoms with E-state index in [0.29, 0.717) is 6.42 Å². The molecule has 0 amide bonds. The Labute approximate surface area is 74.7 Å². The van der Waals surface area contributed by atoms with Crippen LogP contribution in [0.4, 0.5) is 13.2 Å². The molecule has 0 radical (unpaired) electrons. The van der Waals surface area contributed by atoms with E-state index < -0.39 is 18.9 Å². The first-order valence-electron chi connectivity index (χ1n) is 3.71. The van der Waals surface area contributed by atoms with Crippen LogP contribution in [0.1, 0.15) is 12.8 Å². The van der Waals surface area contributed by atoms with E-state index in [-0.39, 0.29) is 13.0 Å². The highest BCUT2D eigenvalue weighted by atomic mass is 19.4. The number of halogens is 3. The smallest absolute Gasteiger partial charge is 0.391 e. The second-order valence-electron chi connectivity index (χ2n) is 2.53. The quantitative estimate of drug-likeness (QED) is 0.672. The largest absolute Gasteiger partial charge is 0.411 e. The highest BCUT2D eigenvalue weighted by Crippen LogP contribution is 2.14. The van der Waals surface area contributed by atoms with Crippen molar-refractivity contribution < 1.29 is 23.0 Å². The Morgan fingerprint density at radius 2 is 2.08 bits per heavy atom. The van der Waals surface area contributed by atoms with Crippen molar-refractivity contribution in [2.24, 2.45) is 0 Å². The summed E-state index contributed by atoms with van der Waals surface area (Å²) in [6, 6.07) is 0. The van der Waals surface area contributed by atoms with Gasteiger partial charge in [-0.1, -0.05) is 0 Å². The van der Waals surface area contributed by atoms with E-state index in [2.05, 4.69) is 10.7 Å². The molecule has 1 N–H and O–H groups in total.